The SMILES string of the molecule is COc1ccc(CN2CCC3(CCN(CCc4ccccc4)C3=O)C2)cn1. The van der Waals surface area contributed by atoms with E-state index in [0.717, 1.165) is 52.0 Å². The van der Waals surface area contributed by atoms with Crippen molar-refractivity contribution in [2.24, 2.45) is 5.41 Å². The number of hydrogen-bond donors (Lipinski definition) is 0. The van der Waals surface area contributed by atoms with E-state index in [4.69, 9.17) is 4.74 Å². The summed E-state index contributed by atoms with van der Waals surface area (Å²) in [6, 6.07) is 14.4. The van der Waals surface area contributed by atoms with E-state index in [1.54, 1.807) is 7.11 Å². The Hall–Kier alpha value is -2.40. The van der Waals surface area contributed by atoms with Crippen LogP contribution in [-0.4, -0.2) is 54.0 Å². The molecular weight excluding hydrogens is 338 g/mol. The maximum absolute atomic E-state index is 13.1. The normalized spacial score (nSPS) is 22.7. The summed E-state index contributed by atoms with van der Waals surface area (Å²) in [6.45, 7) is 4.40. The van der Waals surface area contributed by atoms with Gasteiger partial charge in [-0.1, -0.05) is 36.4 Å². The number of ether oxygens (including phenoxy) is 1. The van der Waals surface area contributed by atoms with E-state index in [1.165, 1.54) is 11.1 Å². The molecular formula is C22H27N3O2. The first-order valence-electron chi connectivity index (χ1n) is 9.73. The van der Waals surface area contributed by atoms with Gasteiger partial charge in [-0.3, -0.25) is 9.69 Å². The van der Waals surface area contributed by atoms with Crippen LogP contribution in [0.3, 0.4) is 0 Å². The minimum atomic E-state index is -0.170. The molecule has 27 heavy (non-hydrogen) atoms. The highest BCUT2D eigenvalue weighted by Gasteiger charge is 2.50. The zero-order chi connectivity index (χ0) is 18.7. The summed E-state index contributed by atoms with van der Waals surface area (Å²) in [5.41, 5.74) is 2.29. The molecule has 4 rings (SSSR count). The van der Waals surface area contributed by atoms with Crippen LogP contribution in [0.1, 0.15) is 24.0 Å². The van der Waals surface area contributed by atoms with E-state index in [1.807, 2.05) is 18.3 Å². The smallest absolute Gasteiger partial charge is 0.230 e. The Kier molecular flexibility index (Phi) is 5.12. The van der Waals surface area contributed by atoms with Gasteiger partial charge in [0.25, 0.3) is 0 Å². The summed E-state index contributed by atoms with van der Waals surface area (Å²) in [6.07, 6.45) is 4.76. The molecule has 142 valence electrons. The Morgan fingerprint density at radius 1 is 1.07 bits per heavy atom. The highest BCUT2D eigenvalue weighted by molar-refractivity contribution is 5.85. The van der Waals surface area contributed by atoms with E-state index >= 15 is 0 Å². The van der Waals surface area contributed by atoms with Gasteiger partial charge in [0.15, 0.2) is 0 Å². The van der Waals surface area contributed by atoms with Crippen molar-refractivity contribution in [1.82, 2.24) is 14.8 Å². The standard InChI is InChI=1S/C22H27N3O2/c1-27-20-8-7-19(15-23-20)16-24-13-10-22(17-24)11-14-25(21(22)26)12-9-18-5-3-2-4-6-18/h2-8,15H,9-14,16-17H2,1H3. The Bertz CT molecular complexity index is 778. The first kappa shape index (κ1) is 18.0. The minimum absolute atomic E-state index is 0.170. The van der Waals surface area contributed by atoms with Crippen LogP contribution in [-0.2, 0) is 17.8 Å². The molecule has 2 aliphatic rings. The van der Waals surface area contributed by atoms with E-state index in [0.29, 0.717) is 11.8 Å². The molecule has 0 aliphatic carbocycles. The quantitative estimate of drug-likeness (QED) is 0.790. The van der Waals surface area contributed by atoms with Gasteiger partial charge in [0.1, 0.15) is 0 Å². The molecule has 2 aromatic rings. The molecule has 1 spiro atoms. The number of carbonyl (C=O) groups is 1. The molecule has 1 unspecified atom stereocenters. The second-order valence-electron chi connectivity index (χ2n) is 7.73. The molecule has 0 bridgehead atoms. The molecule has 2 aliphatic heterocycles. The maximum atomic E-state index is 13.1. The molecule has 5 heteroatoms. The van der Waals surface area contributed by atoms with E-state index in [-0.39, 0.29) is 5.41 Å². The zero-order valence-corrected chi connectivity index (χ0v) is 15.9. The number of benzene rings is 1. The molecule has 5 nitrogen and oxygen atoms in total. The lowest BCUT2D eigenvalue weighted by Crippen LogP contribution is -2.37. The second kappa shape index (κ2) is 7.69. The predicted octanol–water partition coefficient (Wildman–Crippen LogP) is 2.76. The number of nitrogens with zero attached hydrogens (tertiary/aromatic N) is 3. The third-order valence-electron chi connectivity index (χ3n) is 5.96. The molecule has 1 amide bonds. The molecule has 0 saturated carbocycles. The van der Waals surface area contributed by atoms with Gasteiger partial charge in [0, 0.05) is 38.4 Å². The van der Waals surface area contributed by atoms with Crippen LogP contribution in [0.15, 0.2) is 48.7 Å². The van der Waals surface area contributed by atoms with Crippen molar-refractivity contribution in [2.45, 2.75) is 25.8 Å². The van der Waals surface area contributed by atoms with Crippen LogP contribution in [0, 0.1) is 5.41 Å². The molecule has 2 fully saturated rings. The Labute approximate surface area is 161 Å². The van der Waals surface area contributed by atoms with Crippen molar-refractivity contribution in [3.63, 3.8) is 0 Å². The number of rotatable bonds is 6. The summed E-state index contributed by atoms with van der Waals surface area (Å²) in [5, 5.41) is 0. The van der Waals surface area contributed by atoms with Crippen LogP contribution < -0.4 is 4.74 Å². The molecule has 3 heterocycles. The van der Waals surface area contributed by atoms with E-state index in [9.17, 15) is 4.79 Å². The number of likely N-dealkylation sites (tertiary alicyclic amines) is 2. The maximum Gasteiger partial charge on any atom is 0.230 e. The average Bonchev–Trinajstić information content (AvgIpc) is 3.26. The van der Waals surface area contributed by atoms with Crippen molar-refractivity contribution in [2.75, 3.05) is 33.3 Å². The Morgan fingerprint density at radius 3 is 2.63 bits per heavy atom. The van der Waals surface area contributed by atoms with Crippen molar-refractivity contribution in [3.05, 3.63) is 59.8 Å². The van der Waals surface area contributed by atoms with Crippen molar-refractivity contribution < 1.29 is 9.53 Å². The second-order valence-corrected chi connectivity index (χ2v) is 7.73. The van der Waals surface area contributed by atoms with Crippen LogP contribution in [0.25, 0.3) is 0 Å². The van der Waals surface area contributed by atoms with Crippen LogP contribution in [0.2, 0.25) is 0 Å². The van der Waals surface area contributed by atoms with Gasteiger partial charge >= 0.3 is 0 Å². The largest absolute Gasteiger partial charge is 0.481 e. The van der Waals surface area contributed by atoms with Crippen LogP contribution in [0.4, 0.5) is 0 Å². The molecule has 0 radical (unpaired) electrons. The molecule has 1 aromatic heterocycles. The number of aromatic nitrogens is 1. The Morgan fingerprint density at radius 2 is 1.89 bits per heavy atom. The summed E-state index contributed by atoms with van der Waals surface area (Å²) < 4.78 is 5.12. The molecule has 1 aromatic carbocycles. The lowest BCUT2D eigenvalue weighted by molar-refractivity contribution is -0.135. The lowest BCUT2D eigenvalue weighted by atomic mass is 9.85. The van der Waals surface area contributed by atoms with E-state index in [2.05, 4.69) is 45.1 Å². The first-order valence-corrected chi connectivity index (χ1v) is 9.73. The number of pyridine rings is 1. The summed E-state index contributed by atoms with van der Waals surface area (Å²) in [4.78, 5) is 21.9. The first-order chi connectivity index (χ1) is 13.2. The number of methoxy groups -OCH3 is 1. The fraction of sp³-hybridized carbons (Fsp3) is 0.455. The Balaban J connectivity index is 1.33. The number of amides is 1. The van der Waals surface area contributed by atoms with Crippen molar-refractivity contribution in [3.8, 4) is 5.88 Å². The molecule has 1 atom stereocenters. The summed E-state index contributed by atoms with van der Waals surface area (Å²) in [5.74, 6) is 0.991. The number of carbonyl (C=O) groups excluding carboxylic acids is 1. The zero-order valence-electron chi connectivity index (χ0n) is 15.9. The van der Waals surface area contributed by atoms with Crippen molar-refractivity contribution >= 4 is 5.91 Å². The monoisotopic (exact) mass is 365 g/mol. The van der Waals surface area contributed by atoms with Gasteiger partial charge in [-0.05, 0) is 36.9 Å². The summed E-state index contributed by atoms with van der Waals surface area (Å²) in [7, 11) is 1.63. The summed E-state index contributed by atoms with van der Waals surface area (Å²) >= 11 is 0. The van der Waals surface area contributed by atoms with Crippen LogP contribution >= 0.6 is 0 Å². The van der Waals surface area contributed by atoms with Gasteiger partial charge in [-0.15, -0.1) is 0 Å². The lowest BCUT2D eigenvalue weighted by Gasteiger charge is -2.24. The predicted molar refractivity (Wildman–Crippen MR) is 104 cm³/mol. The fourth-order valence-corrected chi connectivity index (χ4v) is 4.37. The third-order valence-corrected chi connectivity index (χ3v) is 5.96. The van der Waals surface area contributed by atoms with Gasteiger partial charge in [0.05, 0.1) is 12.5 Å². The highest BCUT2D eigenvalue weighted by atomic mass is 16.5. The van der Waals surface area contributed by atoms with Gasteiger partial charge in [-0.2, -0.15) is 0 Å². The highest BCUT2D eigenvalue weighted by Crippen LogP contribution is 2.41. The number of hydrogen-bond acceptors (Lipinski definition) is 4. The molecule has 0 N–H and O–H groups in total. The fourth-order valence-electron chi connectivity index (χ4n) is 4.37. The van der Waals surface area contributed by atoms with E-state index < -0.39 is 0 Å². The van der Waals surface area contributed by atoms with Gasteiger partial charge in [0.2, 0.25) is 11.8 Å². The van der Waals surface area contributed by atoms with Crippen molar-refractivity contribution in [1.29, 1.82) is 0 Å². The average molecular weight is 365 g/mol. The van der Waals surface area contributed by atoms with Gasteiger partial charge < -0.3 is 9.64 Å². The van der Waals surface area contributed by atoms with Gasteiger partial charge in [-0.25, -0.2) is 4.98 Å². The topological polar surface area (TPSA) is 45.7 Å². The minimum Gasteiger partial charge on any atom is -0.481 e. The third kappa shape index (κ3) is 3.83. The molecule has 2 saturated heterocycles. The van der Waals surface area contributed by atoms with Crippen LogP contribution in [0.5, 0.6) is 5.88 Å².